The van der Waals surface area contributed by atoms with Crippen LogP contribution in [0, 0.1) is 13.8 Å². The maximum absolute atomic E-state index is 12.6. The van der Waals surface area contributed by atoms with E-state index in [4.69, 9.17) is 9.47 Å². The van der Waals surface area contributed by atoms with Gasteiger partial charge in [0.2, 0.25) is 5.91 Å². The summed E-state index contributed by atoms with van der Waals surface area (Å²) in [5, 5.41) is 3.28. The SMILES string of the molecule is COc1cc(C=C[C@@]23NC(=O)CN2c2ccc(C)cc2C3(C)C)ccc1OCc1ccc(C)cc1. The van der Waals surface area contributed by atoms with E-state index in [9.17, 15) is 4.79 Å². The number of carbonyl (C=O) groups excluding carboxylic acids is 1. The molecule has 0 spiro atoms. The van der Waals surface area contributed by atoms with Crippen LogP contribution < -0.4 is 19.7 Å². The smallest absolute Gasteiger partial charge is 0.241 e. The molecule has 1 fully saturated rings. The van der Waals surface area contributed by atoms with Gasteiger partial charge in [-0.15, -0.1) is 0 Å². The molecule has 1 saturated heterocycles. The zero-order chi connectivity index (χ0) is 24.8. The number of anilines is 1. The van der Waals surface area contributed by atoms with Crippen molar-refractivity contribution in [2.45, 2.75) is 45.4 Å². The molecule has 5 heteroatoms. The number of fused-ring (bicyclic) bond motifs is 3. The molecule has 0 saturated carbocycles. The number of hydrogen-bond acceptors (Lipinski definition) is 4. The normalized spacial score (nSPS) is 20.0. The maximum Gasteiger partial charge on any atom is 0.241 e. The van der Waals surface area contributed by atoms with E-state index >= 15 is 0 Å². The summed E-state index contributed by atoms with van der Waals surface area (Å²) in [7, 11) is 1.65. The molecule has 0 unspecified atom stereocenters. The fraction of sp³-hybridized carbons (Fsp3) is 0.300. The van der Waals surface area contributed by atoms with Gasteiger partial charge in [-0.05, 0) is 54.8 Å². The second-order valence-corrected chi connectivity index (χ2v) is 10.1. The summed E-state index contributed by atoms with van der Waals surface area (Å²) in [5.41, 5.74) is 5.95. The molecule has 5 rings (SSSR count). The Hall–Kier alpha value is -3.73. The predicted octanol–water partition coefficient (Wildman–Crippen LogP) is 5.53. The maximum atomic E-state index is 12.6. The summed E-state index contributed by atoms with van der Waals surface area (Å²) >= 11 is 0. The van der Waals surface area contributed by atoms with Gasteiger partial charge >= 0.3 is 0 Å². The average Bonchev–Trinajstić information content (AvgIpc) is 3.27. The second-order valence-electron chi connectivity index (χ2n) is 10.1. The molecule has 1 amide bonds. The van der Waals surface area contributed by atoms with E-state index in [1.807, 2.05) is 18.2 Å². The molecule has 2 aliphatic heterocycles. The monoisotopic (exact) mass is 468 g/mol. The number of nitrogens with zero attached hydrogens (tertiary/aromatic N) is 1. The highest BCUT2D eigenvalue weighted by Crippen LogP contribution is 2.53. The summed E-state index contributed by atoms with van der Waals surface area (Å²) in [6, 6.07) is 20.7. The lowest BCUT2D eigenvalue weighted by atomic mass is 9.75. The fourth-order valence-electron chi connectivity index (χ4n) is 5.26. The van der Waals surface area contributed by atoms with Crippen LogP contribution in [0.5, 0.6) is 11.5 Å². The lowest BCUT2D eigenvalue weighted by molar-refractivity contribution is -0.118. The van der Waals surface area contributed by atoms with Gasteiger partial charge in [-0.1, -0.05) is 73.5 Å². The van der Waals surface area contributed by atoms with E-state index in [-0.39, 0.29) is 11.3 Å². The van der Waals surface area contributed by atoms with E-state index in [2.05, 4.69) is 92.5 Å². The van der Waals surface area contributed by atoms with Crippen molar-refractivity contribution in [3.63, 3.8) is 0 Å². The number of nitrogens with one attached hydrogen (secondary N) is 1. The Kier molecular flexibility index (Phi) is 5.59. The first kappa shape index (κ1) is 23.0. The van der Waals surface area contributed by atoms with Crippen molar-refractivity contribution >= 4 is 17.7 Å². The molecule has 5 nitrogen and oxygen atoms in total. The zero-order valence-electron chi connectivity index (χ0n) is 21.0. The van der Waals surface area contributed by atoms with Gasteiger partial charge in [-0.25, -0.2) is 0 Å². The molecule has 1 N–H and O–H groups in total. The summed E-state index contributed by atoms with van der Waals surface area (Å²) < 4.78 is 11.7. The van der Waals surface area contributed by atoms with Crippen LogP contribution in [0.4, 0.5) is 5.69 Å². The largest absolute Gasteiger partial charge is 0.493 e. The zero-order valence-corrected chi connectivity index (χ0v) is 21.0. The minimum Gasteiger partial charge on any atom is -0.493 e. The van der Waals surface area contributed by atoms with Gasteiger partial charge in [0.05, 0.1) is 13.7 Å². The second kappa shape index (κ2) is 8.49. The molecular weight excluding hydrogens is 436 g/mol. The van der Waals surface area contributed by atoms with E-state index in [0.717, 1.165) is 16.8 Å². The van der Waals surface area contributed by atoms with Gasteiger partial charge in [0.15, 0.2) is 11.5 Å². The molecule has 0 aliphatic carbocycles. The van der Waals surface area contributed by atoms with Crippen molar-refractivity contribution in [1.82, 2.24) is 5.32 Å². The average molecular weight is 469 g/mol. The summed E-state index contributed by atoms with van der Waals surface area (Å²) in [6.45, 7) is 9.39. The van der Waals surface area contributed by atoms with E-state index < -0.39 is 5.66 Å². The number of amides is 1. The van der Waals surface area contributed by atoms with Crippen molar-refractivity contribution in [1.29, 1.82) is 0 Å². The Bertz CT molecular complexity index is 1310. The first-order valence-corrected chi connectivity index (χ1v) is 12.0. The third kappa shape index (κ3) is 3.85. The molecule has 2 heterocycles. The van der Waals surface area contributed by atoms with Crippen LogP contribution in [-0.4, -0.2) is 25.2 Å². The molecule has 0 aromatic heterocycles. The van der Waals surface area contributed by atoms with Crippen molar-refractivity contribution in [2.75, 3.05) is 18.6 Å². The fourth-order valence-corrected chi connectivity index (χ4v) is 5.26. The van der Waals surface area contributed by atoms with Crippen molar-refractivity contribution in [3.05, 3.63) is 94.6 Å². The Morgan fingerprint density at radius 3 is 2.46 bits per heavy atom. The third-order valence-corrected chi connectivity index (χ3v) is 7.35. The van der Waals surface area contributed by atoms with Gasteiger partial charge in [0, 0.05) is 11.1 Å². The Morgan fingerprint density at radius 2 is 1.71 bits per heavy atom. The van der Waals surface area contributed by atoms with Crippen LogP contribution in [0.15, 0.2) is 66.7 Å². The topological polar surface area (TPSA) is 50.8 Å². The minimum atomic E-state index is -0.631. The van der Waals surface area contributed by atoms with Crippen molar-refractivity contribution in [3.8, 4) is 11.5 Å². The number of methoxy groups -OCH3 is 1. The summed E-state index contributed by atoms with van der Waals surface area (Å²) in [4.78, 5) is 14.8. The summed E-state index contributed by atoms with van der Waals surface area (Å²) in [5.74, 6) is 1.41. The molecule has 1 atom stereocenters. The van der Waals surface area contributed by atoms with Crippen LogP contribution in [0.3, 0.4) is 0 Å². The third-order valence-electron chi connectivity index (χ3n) is 7.35. The minimum absolute atomic E-state index is 0.0337. The molecule has 0 bridgehead atoms. The number of rotatable bonds is 6. The predicted molar refractivity (Wildman–Crippen MR) is 140 cm³/mol. The molecule has 3 aromatic rings. The first-order valence-electron chi connectivity index (χ1n) is 12.0. The molecule has 2 aliphatic rings. The van der Waals surface area contributed by atoms with Gasteiger partial charge in [0.1, 0.15) is 12.3 Å². The lowest BCUT2D eigenvalue weighted by Gasteiger charge is -2.40. The molecule has 35 heavy (non-hydrogen) atoms. The highest BCUT2D eigenvalue weighted by Gasteiger charge is 2.59. The van der Waals surface area contributed by atoms with Crippen LogP contribution >= 0.6 is 0 Å². The standard InChI is InChI=1S/C30H32N2O3/c1-20-6-9-23(10-7-20)19-35-26-13-11-22(17-27(26)34-5)14-15-30-29(3,4)24-16-21(2)8-12-25(24)32(30)18-28(33)31-30/h6-17H,18-19H2,1-5H3,(H,31,33)/t30-/m1/s1. The van der Waals surface area contributed by atoms with Gasteiger partial charge in [-0.3, -0.25) is 4.79 Å². The lowest BCUT2D eigenvalue weighted by Crippen LogP contribution is -2.58. The molecule has 0 radical (unpaired) electrons. The number of aryl methyl sites for hydroxylation is 2. The van der Waals surface area contributed by atoms with Crippen LogP contribution in [0.2, 0.25) is 0 Å². The van der Waals surface area contributed by atoms with Gasteiger partial charge < -0.3 is 19.7 Å². The Morgan fingerprint density at radius 1 is 0.971 bits per heavy atom. The number of ether oxygens (including phenoxy) is 2. The number of benzene rings is 3. The van der Waals surface area contributed by atoms with E-state index in [1.54, 1.807) is 7.11 Å². The first-order chi connectivity index (χ1) is 16.7. The molecule has 3 aromatic carbocycles. The van der Waals surface area contributed by atoms with Crippen LogP contribution in [-0.2, 0) is 16.8 Å². The quantitative estimate of drug-likeness (QED) is 0.517. The highest BCUT2D eigenvalue weighted by molar-refractivity contribution is 5.91. The van der Waals surface area contributed by atoms with Crippen molar-refractivity contribution < 1.29 is 14.3 Å². The van der Waals surface area contributed by atoms with Crippen molar-refractivity contribution in [2.24, 2.45) is 0 Å². The number of carbonyl (C=O) groups is 1. The Balaban J connectivity index is 1.42. The van der Waals surface area contributed by atoms with E-state index in [0.29, 0.717) is 24.7 Å². The van der Waals surface area contributed by atoms with Crippen LogP contribution in [0.25, 0.3) is 6.08 Å². The summed E-state index contributed by atoms with van der Waals surface area (Å²) in [6.07, 6.45) is 4.18. The van der Waals surface area contributed by atoms with Crippen LogP contribution in [0.1, 0.15) is 41.7 Å². The Labute approximate surface area is 207 Å². The molecular formula is C30H32N2O3. The number of hydrogen-bond donors (Lipinski definition) is 1. The van der Waals surface area contributed by atoms with E-state index in [1.165, 1.54) is 16.7 Å². The van der Waals surface area contributed by atoms with Gasteiger partial charge in [0.25, 0.3) is 0 Å². The molecule has 180 valence electrons. The van der Waals surface area contributed by atoms with Gasteiger partial charge in [-0.2, -0.15) is 0 Å². The highest BCUT2D eigenvalue weighted by atomic mass is 16.5.